The lowest BCUT2D eigenvalue weighted by atomic mass is 10.3. The largest absolute Gasteiger partial charge is 0.467 e. The average molecular weight is 377 g/mol. The summed E-state index contributed by atoms with van der Waals surface area (Å²) in [4.78, 5) is 24.5. The third-order valence-electron chi connectivity index (χ3n) is 3.49. The third-order valence-corrected chi connectivity index (χ3v) is 3.69. The van der Waals surface area contributed by atoms with E-state index in [9.17, 15) is 9.59 Å². The molecule has 0 aliphatic carbocycles. The number of furan rings is 1. The molecule has 2 amide bonds. The Morgan fingerprint density at radius 3 is 2.88 bits per heavy atom. The molecule has 3 rings (SSSR count). The number of carbonyl (C=O) groups is 2. The Morgan fingerprint density at radius 2 is 2.19 bits per heavy atom. The lowest BCUT2D eigenvalue weighted by molar-refractivity contribution is -0.116. The van der Waals surface area contributed by atoms with Gasteiger partial charge in [-0.1, -0.05) is 11.6 Å². The highest BCUT2D eigenvalue weighted by Gasteiger charge is 2.18. The number of aromatic nitrogens is 4. The van der Waals surface area contributed by atoms with Crippen molar-refractivity contribution in [2.45, 2.75) is 19.5 Å². The van der Waals surface area contributed by atoms with Gasteiger partial charge in [-0.15, -0.1) is 0 Å². The number of rotatable bonds is 7. The van der Waals surface area contributed by atoms with Gasteiger partial charge in [-0.25, -0.2) is 0 Å². The van der Waals surface area contributed by atoms with E-state index in [2.05, 4.69) is 20.8 Å². The van der Waals surface area contributed by atoms with Crippen molar-refractivity contribution in [1.82, 2.24) is 24.9 Å². The van der Waals surface area contributed by atoms with Crippen LogP contribution >= 0.6 is 11.6 Å². The fourth-order valence-corrected chi connectivity index (χ4v) is 2.46. The highest BCUT2D eigenvalue weighted by atomic mass is 35.5. The van der Waals surface area contributed by atoms with Crippen LogP contribution in [-0.2, 0) is 24.9 Å². The van der Waals surface area contributed by atoms with Crippen molar-refractivity contribution in [1.29, 1.82) is 0 Å². The van der Waals surface area contributed by atoms with Gasteiger partial charge < -0.3 is 15.1 Å². The normalized spacial score (nSPS) is 10.7. The zero-order valence-electron chi connectivity index (χ0n) is 14.0. The standard InChI is InChI=1S/C16H17ClN6O3/c1-22-10-13(20-14(24)4-5-23-9-11(17)7-19-23)15(21-22)16(25)18-8-12-3-2-6-26-12/h2-3,6-7,9-10H,4-5,8H2,1H3,(H,18,25)(H,20,24). The molecule has 0 aromatic carbocycles. The monoisotopic (exact) mass is 376 g/mol. The summed E-state index contributed by atoms with van der Waals surface area (Å²) in [5, 5.41) is 14.0. The minimum Gasteiger partial charge on any atom is -0.467 e. The van der Waals surface area contributed by atoms with Gasteiger partial charge in [0, 0.05) is 32.4 Å². The SMILES string of the molecule is Cn1cc(NC(=O)CCn2cc(Cl)cn2)c(C(=O)NCc2ccco2)n1. The summed E-state index contributed by atoms with van der Waals surface area (Å²) in [7, 11) is 1.67. The smallest absolute Gasteiger partial charge is 0.274 e. The van der Waals surface area contributed by atoms with Crippen molar-refractivity contribution >= 4 is 29.1 Å². The van der Waals surface area contributed by atoms with Crippen molar-refractivity contribution in [3.8, 4) is 0 Å². The van der Waals surface area contributed by atoms with Crippen LogP contribution < -0.4 is 10.6 Å². The summed E-state index contributed by atoms with van der Waals surface area (Å²) in [5.41, 5.74) is 0.475. The zero-order chi connectivity index (χ0) is 18.5. The van der Waals surface area contributed by atoms with Crippen LogP contribution in [0.25, 0.3) is 0 Å². The molecule has 0 saturated carbocycles. The first-order valence-corrected chi connectivity index (χ1v) is 8.21. The van der Waals surface area contributed by atoms with Crippen molar-refractivity contribution in [2.24, 2.45) is 7.05 Å². The molecule has 136 valence electrons. The van der Waals surface area contributed by atoms with Gasteiger partial charge in [0.1, 0.15) is 5.76 Å². The van der Waals surface area contributed by atoms with Crippen LogP contribution in [0.3, 0.4) is 0 Å². The van der Waals surface area contributed by atoms with E-state index < -0.39 is 5.91 Å². The number of aryl methyl sites for hydroxylation is 2. The minimum absolute atomic E-state index is 0.134. The van der Waals surface area contributed by atoms with Crippen LogP contribution in [0.2, 0.25) is 5.02 Å². The maximum atomic E-state index is 12.3. The Bertz CT molecular complexity index is 899. The molecule has 0 aliphatic rings. The van der Waals surface area contributed by atoms with Crippen molar-refractivity contribution in [3.63, 3.8) is 0 Å². The molecule has 9 nitrogen and oxygen atoms in total. The molecule has 3 heterocycles. The summed E-state index contributed by atoms with van der Waals surface area (Å²) < 4.78 is 8.20. The molecule has 0 fully saturated rings. The summed E-state index contributed by atoms with van der Waals surface area (Å²) in [5.74, 6) is -0.0429. The van der Waals surface area contributed by atoms with Crippen LogP contribution in [0.15, 0.2) is 41.4 Å². The Kier molecular flexibility index (Phi) is 5.37. The van der Waals surface area contributed by atoms with Crippen LogP contribution in [-0.4, -0.2) is 31.4 Å². The van der Waals surface area contributed by atoms with Gasteiger partial charge >= 0.3 is 0 Å². The quantitative estimate of drug-likeness (QED) is 0.654. The summed E-state index contributed by atoms with van der Waals surface area (Å²) >= 11 is 5.78. The van der Waals surface area contributed by atoms with E-state index in [1.54, 1.807) is 36.3 Å². The molecule has 0 spiro atoms. The number of halogens is 1. The molecule has 0 saturated heterocycles. The number of carbonyl (C=O) groups excluding carboxylic acids is 2. The van der Waals surface area contributed by atoms with Crippen molar-refractivity contribution < 1.29 is 14.0 Å². The van der Waals surface area contributed by atoms with E-state index in [1.165, 1.54) is 17.1 Å². The van der Waals surface area contributed by atoms with Crippen molar-refractivity contribution in [2.75, 3.05) is 5.32 Å². The predicted molar refractivity (Wildman–Crippen MR) is 93.6 cm³/mol. The first-order valence-electron chi connectivity index (χ1n) is 7.83. The highest BCUT2D eigenvalue weighted by Crippen LogP contribution is 2.14. The molecule has 0 bridgehead atoms. The highest BCUT2D eigenvalue weighted by molar-refractivity contribution is 6.30. The third kappa shape index (κ3) is 4.51. The fourth-order valence-electron chi connectivity index (χ4n) is 2.30. The topological polar surface area (TPSA) is 107 Å². The maximum absolute atomic E-state index is 12.3. The molecule has 3 aromatic rings. The number of nitrogens with zero attached hydrogens (tertiary/aromatic N) is 4. The molecule has 26 heavy (non-hydrogen) atoms. The summed E-state index contributed by atoms with van der Waals surface area (Å²) in [6.45, 7) is 0.606. The Morgan fingerprint density at radius 1 is 1.35 bits per heavy atom. The summed E-state index contributed by atoms with van der Waals surface area (Å²) in [6, 6.07) is 3.49. The molecule has 0 unspecified atom stereocenters. The summed E-state index contributed by atoms with van der Waals surface area (Å²) in [6.07, 6.45) is 6.42. The number of nitrogens with one attached hydrogen (secondary N) is 2. The second-order valence-corrected chi connectivity index (χ2v) is 5.98. The Hall–Kier alpha value is -3.07. The number of hydrogen-bond donors (Lipinski definition) is 2. The van der Waals surface area contributed by atoms with E-state index in [0.717, 1.165) is 0 Å². The fraction of sp³-hybridized carbons (Fsp3) is 0.250. The van der Waals surface area contributed by atoms with Gasteiger partial charge in [-0.05, 0) is 12.1 Å². The molecule has 0 atom stereocenters. The maximum Gasteiger partial charge on any atom is 0.274 e. The van der Waals surface area contributed by atoms with Crippen LogP contribution in [0.4, 0.5) is 5.69 Å². The van der Waals surface area contributed by atoms with Gasteiger partial charge in [0.05, 0.1) is 29.7 Å². The number of amides is 2. The van der Waals surface area contributed by atoms with E-state index in [0.29, 0.717) is 23.0 Å². The van der Waals surface area contributed by atoms with Gasteiger partial charge in [0.2, 0.25) is 5.91 Å². The van der Waals surface area contributed by atoms with Crippen LogP contribution in [0, 0.1) is 0 Å². The van der Waals surface area contributed by atoms with Gasteiger partial charge in [0.15, 0.2) is 5.69 Å². The van der Waals surface area contributed by atoms with E-state index in [-0.39, 0.29) is 24.6 Å². The predicted octanol–water partition coefficient (Wildman–Crippen LogP) is 1.82. The second kappa shape index (κ2) is 7.87. The van der Waals surface area contributed by atoms with Gasteiger partial charge in [0.25, 0.3) is 5.91 Å². The first kappa shape index (κ1) is 17.7. The first-order chi connectivity index (χ1) is 12.5. The van der Waals surface area contributed by atoms with Gasteiger partial charge in [-0.2, -0.15) is 10.2 Å². The molecular weight excluding hydrogens is 360 g/mol. The number of anilines is 1. The Balaban J connectivity index is 1.58. The molecule has 0 radical (unpaired) electrons. The lowest BCUT2D eigenvalue weighted by Crippen LogP contribution is -2.25. The molecule has 0 aliphatic heterocycles. The van der Waals surface area contributed by atoms with E-state index in [4.69, 9.17) is 16.0 Å². The van der Waals surface area contributed by atoms with E-state index in [1.807, 2.05) is 0 Å². The zero-order valence-corrected chi connectivity index (χ0v) is 14.7. The molecular formula is C16H17ClN6O3. The average Bonchev–Trinajstić information content (AvgIpc) is 3.33. The molecule has 10 heteroatoms. The van der Waals surface area contributed by atoms with Gasteiger partial charge in [-0.3, -0.25) is 19.0 Å². The van der Waals surface area contributed by atoms with E-state index >= 15 is 0 Å². The second-order valence-electron chi connectivity index (χ2n) is 5.55. The van der Waals surface area contributed by atoms with Crippen molar-refractivity contribution in [3.05, 3.63) is 53.5 Å². The number of hydrogen-bond acceptors (Lipinski definition) is 5. The Labute approximate surface area is 153 Å². The lowest BCUT2D eigenvalue weighted by Gasteiger charge is -2.06. The van der Waals surface area contributed by atoms with Crippen LogP contribution in [0.1, 0.15) is 22.7 Å². The van der Waals surface area contributed by atoms with Crippen LogP contribution in [0.5, 0.6) is 0 Å². The molecule has 2 N–H and O–H groups in total. The minimum atomic E-state index is -0.406. The molecule has 3 aromatic heterocycles.